The quantitative estimate of drug-likeness (QED) is 0.567. The van der Waals surface area contributed by atoms with Crippen molar-refractivity contribution in [1.29, 1.82) is 0 Å². The maximum absolute atomic E-state index is 13.1. The molecule has 0 aliphatic heterocycles. The van der Waals surface area contributed by atoms with Gasteiger partial charge in [-0.05, 0) is 23.3 Å². The minimum absolute atomic E-state index is 0.0142. The van der Waals surface area contributed by atoms with E-state index in [0.717, 1.165) is 22.5 Å². The second-order valence-corrected chi connectivity index (χ2v) is 6.08. The summed E-state index contributed by atoms with van der Waals surface area (Å²) in [6, 6.07) is 27.7. The van der Waals surface area contributed by atoms with E-state index >= 15 is 0 Å². The van der Waals surface area contributed by atoms with Crippen LogP contribution in [0.15, 0.2) is 89.7 Å². The molecular weight excluding hydrogens is 308 g/mol. The van der Waals surface area contributed by atoms with E-state index in [4.69, 9.17) is 4.98 Å². The third-order valence-electron chi connectivity index (χ3n) is 4.33. The van der Waals surface area contributed by atoms with Gasteiger partial charge in [-0.25, -0.2) is 4.98 Å². The Bertz CT molecular complexity index is 1050. The number of fused-ring (bicyclic) bond motifs is 1. The van der Waals surface area contributed by atoms with E-state index in [-0.39, 0.29) is 5.56 Å². The summed E-state index contributed by atoms with van der Waals surface area (Å²) in [6.45, 7) is 0.527. The first kappa shape index (κ1) is 15.3. The highest BCUT2D eigenvalue weighted by atomic mass is 16.1. The topological polar surface area (TPSA) is 34.9 Å². The van der Waals surface area contributed by atoms with Gasteiger partial charge in [-0.3, -0.25) is 9.36 Å². The van der Waals surface area contributed by atoms with Gasteiger partial charge in [-0.15, -0.1) is 0 Å². The van der Waals surface area contributed by atoms with Crippen molar-refractivity contribution in [2.45, 2.75) is 13.0 Å². The maximum Gasteiger partial charge on any atom is 0.261 e. The lowest BCUT2D eigenvalue weighted by Crippen LogP contribution is -2.26. The highest BCUT2D eigenvalue weighted by Gasteiger charge is 2.11. The molecule has 0 saturated carbocycles. The SMILES string of the molecule is O=c1c2ccccc2nc(Cc2ccccc2)n1Cc1ccccc1. The van der Waals surface area contributed by atoms with Crippen LogP contribution in [0.4, 0.5) is 0 Å². The Morgan fingerprint density at radius 1 is 0.720 bits per heavy atom. The van der Waals surface area contributed by atoms with E-state index in [1.165, 1.54) is 0 Å². The average molecular weight is 326 g/mol. The van der Waals surface area contributed by atoms with Crippen LogP contribution in [-0.4, -0.2) is 9.55 Å². The number of benzene rings is 3. The summed E-state index contributed by atoms with van der Waals surface area (Å²) in [7, 11) is 0. The molecular formula is C22H18N2O. The van der Waals surface area contributed by atoms with Crippen LogP contribution in [0.2, 0.25) is 0 Å². The summed E-state index contributed by atoms with van der Waals surface area (Å²) in [5.41, 5.74) is 3.01. The molecule has 0 bridgehead atoms. The molecule has 0 unspecified atom stereocenters. The van der Waals surface area contributed by atoms with Crippen LogP contribution in [0.25, 0.3) is 10.9 Å². The van der Waals surface area contributed by atoms with Gasteiger partial charge in [0.25, 0.3) is 5.56 Å². The lowest BCUT2D eigenvalue weighted by Gasteiger charge is -2.14. The molecule has 0 N–H and O–H groups in total. The highest BCUT2D eigenvalue weighted by Crippen LogP contribution is 2.13. The summed E-state index contributed by atoms with van der Waals surface area (Å²) in [5.74, 6) is 0.791. The zero-order chi connectivity index (χ0) is 17.1. The molecule has 3 heteroatoms. The number of rotatable bonds is 4. The Morgan fingerprint density at radius 3 is 2.04 bits per heavy atom. The second-order valence-electron chi connectivity index (χ2n) is 6.08. The van der Waals surface area contributed by atoms with Gasteiger partial charge in [0.15, 0.2) is 0 Å². The third-order valence-corrected chi connectivity index (χ3v) is 4.33. The van der Waals surface area contributed by atoms with E-state index in [9.17, 15) is 4.79 Å². The number of hydrogen-bond donors (Lipinski definition) is 0. The van der Waals surface area contributed by atoms with Gasteiger partial charge >= 0.3 is 0 Å². The molecule has 0 atom stereocenters. The molecule has 3 nitrogen and oxygen atoms in total. The van der Waals surface area contributed by atoms with Gasteiger partial charge in [0, 0.05) is 6.42 Å². The number of aromatic nitrogens is 2. The van der Waals surface area contributed by atoms with E-state index in [2.05, 4.69) is 12.1 Å². The molecule has 1 heterocycles. The molecule has 122 valence electrons. The van der Waals surface area contributed by atoms with Crippen LogP contribution < -0.4 is 5.56 Å². The second kappa shape index (κ2) is 6.73. The van der Waals surface area contributed by atoms with Crippen molar-refractivity contribution < 1.29 is 0 Å². The standard InChI is InChI=1S/C22H18N2O/c25-22-19-13-7-8-14-20(19)23-21(15-17-9-3-1-4-10-17)24(22)16-18-11-5-2-6-12-18/h1-14H,15-16H2. The first-order valence-corrected chi connectivity index (χ1v) is 8.37. The van der Waals surface area contributed by atoms with Crippen LogP contribution in [0.3, 0.4) is 0 Å². The Morgan fingerprint density at radius 2 is 1.32 bits per heavy atom. The summed E-state index contributed by atoms with van der Waals surface area (Å²) in [6.07, 6.45) is 0.633. The minimum atomic E-state index is 0.0142. The van der Waals surface area contributed by atoms with Crippen LogP contribution in [0, 0.1) is 0 Å². The number of para-hydroxylation sites is 1. The summed E-state index contributed by atoms with van der Waals surface area (Å²) >= 11 is 0. The molecule has 25 heavy (non-hydrogen) atoms. The number of hydrogen-bond acceptors (Lipinski definition) is 2. The largest absolute Gasteiger partial charge is 0.291 e. The first-order chi connectivity index (χ1) is 12.3. The predicted octanol–water partition coefficient (Wildman–Crippen LogP) is 4.04. The van der Waals surface area contributed by atoms with Crippen LogP contribution in [0.5, 0.6) is 0 Å². The molecule has 4 rings (SSSR count). The lowest BCUT2D eigenvalue weighted by atomic mass is 10.1. The molecule has 4 aromatic rings. The highest BCUT2D eigenvalue weighted by molar-refractivity contribution is 5.77. The van der Waals surface area contributed by atoms with Crippen molar-refractivity contribution in [3.05, 3.63) is 112 Å². The summed E-state index contributed by atoms with van der Waals surface area (Å²) in [4.78, 5) is 17.9. The Balaban J connectivity index is 1.86. The van der Waals surface area contributed by atoms with Crippen LogP contribution in [0.1, 0.15) is 17.0 Å². The zero-order valence-corrected chi connectivity index (χ0v) is 13.8. The van der Waals surface area contributed by atoms with Crippen LogP contribution in [-0.2, 0) is 13.0 Å². The van der Waals surface area contributed by atoms with E-state index in [1.807, 2.05) is 72.8 Å². The van der Waals surface area contributed by atoms with Crippen molar-refractivity contribution >= 4 is 10.9 Å². The summed E-state index contributed by atoms with van der Waals surface area (Å²) < 4.78 is 1.80. The fourth-order valence-electron chi connectivity index (χ4n) is 3.06. The molecule has 0 aliphatic rings. The molecule has 0 spiro atoms. The van der Waals surface area contributed by atoms with E-state index < -0.39 is 0 Å². The van der Waals surface area contributed by atoms with E-state index in [1.54, 1.807) is 4.57 Å². The molecule has 0 fully saturated rings. The Labute approximate surface area is 146 Å². The first-order valence-electron chi connectivity index (χ1n) is 8.37. The normalized spacial score (nSPS) is 10.9. The lowest BCUT2D eigenvalue weighted by molar-refractivity contribution is 0.694. The van der Waals surface area contributed by atoms with Gasteiger partial charge in [-0.2, -0.15) is 0 Å². The Kier molecular flexibility index (Phi) is 4.13. The van der Waals surface area contributed by atoms with Crippen LogP contribution >= 0.6 is 0 Å². The van der Waals surface area contributed by atoms with Gasteiger partial charge < -0.3 is 0 Å². The molecule has 3 aromatic carbocycles. The fourth-order valence-corrected chi connectivity index (χ4v) is 3.06. The number of nitrogens with zero attached hydrogens (tertiary/aromatic N) is 2. The third kappa shape index (κ3) is 3.22. The average Bonchev–Trinajstić information content (AvgIpc) is 2.67. The zero-order valence-electron chi connectivity index (χ0n) is 13.8. The van der Waals surface area contributed by atoms with Gasteiger partial charge in [0.05, 0.1) is 17.4 Å². The fraction of sp³-hybridized carbons (Fsp3) is 0.0909. The van der Waals surface area contributed by atoms with Crippen molar-refractivity contribution in [3.8, 4) is 0 Å². The van der Waals surface area contributed by atoms with Crippen molar-refractivity contribution in [2.24, 2.45) is 0 Å². The summed E-state index contributed by atoms with van der Waals surface area (Å²) in [5, 5.41) is 0.662. The van der Waals surface area contributed by atoms with Crippen molar-refractivity contribution in [2.75, 3.05) is 0 Å². The van der Waals surface area contributed by atoms with E-state index in [0.29, 0.717) is 18.4 Å². The maximum atomic E-state index is 13.1. The Hall–Kier alpha value is -3.20. The predicted molar refractivity (Wildman–Crippen MR) is 101 cm³/mol. The minimum Gasteiger partial charge on any atom is -0.291 e. The monoisotopic (exact) mass is 326 g/mol. The smallest absolute Gasteiger partial charge is 0.261 e. The van der Waals surface area contributed by atoms with Gasteiger partial charge in [0.2, 0.25) is 0 Å². The van der Waals surface area contributed by atoms with Crippen molar-refractivity contribution in [1.82, 2.24) is 9.55 Å². The molecule has 0 aliphatic carbocycles. The van der Waals surface area contributed by atoms with Crippen molar-refractivity contribution in [3.63, 3.8) is 0 Å². The molecule has 0 saturated heterocycles. The molecule has 0 amide bonds. The molecule has 0 radical (unpaired) electrons. The van der Waals surface area contributed by atoms with Gasteiger partial charge in [0.1, 0.15) is 5.82 Å². The van der Waals surface area contributed by atoms with Gasteiger partial charge in [-0.1, -0.05) is 72.8 Å². The molecule has 1 aromatic heterocycles.